The van der Waals surface area contributed by atoms with Crippen LogP contribution in [0.15, 0.2) is 35.9 Å². The van der Waals surface area contributed by atoms with Gasteiger partial charge in [0.05, 0.1) is 19.1 Å². The molecule has 34 heavy (non-hydrogen) atoms. The van der Waals surface area contributed by atoms with Crippen LogP contribution in [0, 0.1) is 16.7 Å². The molecule has 0 radical (unpaired) electrons. The van der Waals surface area contributed by atoms with Crippen LogP contribution in [-0.2, 0) is 16.0 Å². The predicted molar refractivity (Wildman–Crippen MR) is 128 cm³/mol. The standard InChI is InChI=1S/C24H34BN3O6/c1-24(2,3)14-18(15-26)22(29)28-11-6-5-9-19(28)16-34-23(30)27-21(25(31)32)13-17-8-7-10-20(12-17)33-4/h7-8,10,12,14,19,21,31-32H,5-6,9,11,13,16H2,1-4H3,(H,27,30). The van der Waals surface area contributed by atoms with Gasteiger partial charge in [-0.3, -0.25) is 4.79 Å². The van der Waals surface area contributed by atoms with E-state index in [1.54, 1.807) is 35.2 Å². The van der Waals surface area contributed by atoms with Gasteiger partial charge in [-0.25, -0.2) is 4.79 Å². The average Bonchev–Trinajstić information content (AvgIpc) is 2.80. The summed E-state index contributed by atoms with van der Waals surface area (Å²) in [5.74, 6) is -0.748. The molecule has 3 N–H and O–H groups in total. The third-order valence-electron chi connectivity index (χ3n) is 5.48. The summed E-state index contributed by atoms with van der Waals surface area (Å²) in [5.41, 5.74) is 0.493. The van der Waals surface area contributed by atoms with E-state index < -0.39 is 19.2 Å². The Balaban J connectivity index is 2.00. The summed E-state index contributed by atoms with van der Waals surface area (Å²) in [6, 6.07) is 8.70. The summed E-state index contributed by atoms with van der Waals surface area (Å²) in [4.78, 5) is 27.0. The maximum absolute atomic E-state index is 13.0. The van der Waals surface area contributed by atoms with E-state index in [4.69, 9.17) is 9.47 Å². The van der Waals surface area contributed by atoms with E-state index >= 15 is 0 Å². The summed E-state index contributed by atoms with van der Waals surface area (Å²) in [6.45, 7) is 6.16. The smallest absolute Gasteiger partial charge is 0.475 e. The summed E-state index contributed by atoms with van der Waals surface area (Å²) >= 11 is 0. The Morgan fingerprint density at radius 3 is 2.71 bits per heavy atom. The van der Waals surface area contributed by atoms with E-state index in [1.165, 1.54) is 7.11 Å². The molecule has 1 aromatic rings. The van der Waals surface area contributed by atoms with Crippen LogP contribution in [0.25, 0.3) is 0 Å². The van der Waals surface area contributed by atoms with E-state index in [1.807, 2.05) is 26.8 Å². The van der Waals surface area contributed by atoms with Crippen LogP contribution in [-0.4, -0.2) is 66.3 Å². The van der Waals surface area contributed by atoms with E-state index in [2.05, 4.69) is 5.32 Å². The normalized spacial score (nSPS) is 17.4. The van der Waals surface area contributed by atoms with E-state index in [0.29, 0.717) is 18.7 Å². The number of carbonyl (C=O) groups excluding carboxylic acids is 2. The third-order valence-corrected chi connectivity index (χ3v) is 5.48. The Kier molecular flexibility index (Phi) is 9.96. The largest absolute Gasteiger partial charge is 0.497 e. The summed E-state index contributed by atoms with van der Waals surface area (Å²) in [7, 11) is -0.266. The van der Waals surface area contributed by atoms with Gasteiger partial charge < -0.3 is 29.7 Å². The number of allylic oxidation sites excluding steroid dienone is 1. The van der Waals surface area contributed by atoms with Crippen LogP contribution in [0.4, 0.5) is 4.79 Å². The van der Waals surface area contributed by atoms with Gasteiger partial charge in [0, 0.05) is 6.54 Å². The van der Waals surface area contributed by atoms with Gasteiger partial charge in [-0.15, -0.1) is 0 Å². The number of hydrogen-bond donors (Lipinski definition) is 3. The first-order valence-electron chi connectivity index (χ1n) is 11.4. The fourth-order valence-corrected chi connectivity index (χ4v) is 3.82. The highest BCUT2D eigenvalue weighted by Crippen LogP contribution is 2.23. The molecule has 1 aromatic carbocycles. The molecule has 9 nitrogen and oxygen atoms in total. The van der Waals surface area contributed by atoms with Crippen LogP contribution in [0.2, 0.25) is 0 Å². The highest BCUT2D eigenvalue weighted by atomic mass is 16.5. The summed E-state index contributed by atoms with van der Waals surface area (Å²) in [5, 5.41) is 31.4. The number of nitriles is 1. The topological polar surface area (TPSA) is 132 Å². The average molecular weight is 471 g/mol. The maximum atomic E-state index is 13.0. The zero-order valence-electron chi connectivity index (χ0n) is 20.3. The van der Waals surface area contributed by atoms with Crippen molar-refractivity contribution in [1.29, 1.82) is 5.26 Å². The second-order valence-corrected chi connectivity index (χ2v) is 9.50. The minimum absolute atomic E-state index is 0.0563. The molecule has 2 unspecified atom stereocenters. The second kappa shape index (κ2) is 12.4. The number of carbonyl (C=O) groups is 2. The summed E-state index contributed by atoms with van der Waals surface area (Å²) < 4.78 is 10.5. The van der Waals surface area contributed by atoms with Crippen molar-refractivity contribution in [1.82, 2.24) is 10.2 Å². The molecule has 1 saturated heterocycles. The monoisotopic (exact) mass is 471 g/mol. The Bertz CT molecular complexity index is 922. The van der Waals surface area contributed by atoms with Crippen LogP contribution in [0.5, 0.6) is 5.75 Å². The lowest BCUT2D eigenvalue weighted by molar-refractivity contribution is -0.131. The number of hydrogen-bond acceptors (Lipinski definition) is 7. The van der Waals surface area contributed by atoms with Crippen LogP contribution in [0.3, 0.4) is 0 Å². The van der Waals surface area contributed by atoms with Gasteiger partial charge in [-0.05, 0) is 48.8 Å². The number of benzene rings is 1. The minimum Gasteiger partial charge on any atom is -0.497 e. The lowest BCUT2D eigenvalue weighted by Crippen LogP contribution is -2.50. The highest BCUT2D eigenvalue weighted by molar-refractivity contribution is 6.43. The molecular weight excluding hydrogens is 437 g/mol. The lowest BCUT2D eigenvalue weighted by atomic mass is 9.76. The Morgan fingerprint density at radius 1 is 1.35 bits per heavy atom. The van der Waals surface area contributed by atoms with E-state index in [-0.39, 0.29) is 36.0 Å². The van der Waals surface area contributed by atoms with Crippen molar-refractivity contribution >= 4 is 19.1 Å². The van der Waals surface area contributed by atoms with Crippen LogP contribution in [0.1, 0.15) is 45.6 Å². The molecular formula is C24H34BN3O6. The van der Waals surface area contributed by atoms with Gasteiger partial charge in [0.15, 0.2) is 0 Å². The van der Waals surface area contributed by atoms with Crippen molar-refractivity contribution in [2.45, 2.75) is 58.4 Å². The van der Waals surface area contributed by atoms with Gasteiger partial charge in [-0.2, -0.15) is 5.26 Å². The number of nitrogens with one attached hydrogen (secondary N) is 1. The number of piperidine rings is 1. The fourth-order valence-electron chi connectivity index (χ4n) is 3.82. The predicted octanol–water partition coefficient (Wildman–Crippen LogP) is 2.22. The Morgan fingerprint density at radius 2 is 2.09 bits per heavy atom. The first-order chi connectivity index (χ1) is 16.0. The van der Waals surface area contributed by atoms with Crippen molar-refractivity contribution in [3.63, 3.8) is 0 Å². The molecule has 0 aliphatic carbocycles. The fraction of sp³-hybridized carbons (Fsp3) is 0.542. The van der Waals surface area contributed by atoms with Crippen molar-refractivity contribution in [3.8, 4) is 11.8 Å². The minimum atomic E-state index is -1.80. The van der Waals surface area contributed by atoms with Crippen molar-refractivity contribution in [2.24, 2.45) is 5.41 Å². The van der Waals surface area contributed by atoms with Crippen LogP contribution < -0.4 is 10.1 Å². The van der Waals surface area contributed by atoms with Gasteiger partial charge in [0.25, 0.3) is 5.91 Å². The molecule has 1 fully saturated rings. The molecule has 2 amide bonds. The second-order valence-electron chi connectivity index (χ2n) is 9.50. The number of amides is 2. The van der Waals surface area contributed by atoms with E-state index in [0.717, 1.165) is 18.4 Å². The van der Waals surface area contributed by atoms with E-state index in [9.17, 15) is 24.9 Å². The Labute approximate surface area is 201 Å². The van der Waals surface area contributed by atoms with Crippen LogP contribution >= 0.6 is 0 Å². The molecule has 0 saturated carbocycles. The number of likely N-dealkylation sites (tertiary alicyclic amines) is 1. The zero-order chi connectivity index (χ0) is 25.3. The summed E-state index contributed by atoms with van der Waals surface area (Å²) in [6.07, 6.45) is 3.31. The quantitative estimate of drug-likeness (QED) is 0.301. The van der Waals surface area contributed by atoms with Crippen molar-refractivity contribution < 1.29 is 29.1 Å². The number of methoxy groups -OCH3 is 1. The van der Waals surface area contributed by atoms with Gasteiger partial charge in [0.1, 0.15) is 24.0 Å². The molecule has 1 aliphatic heterocycles. The highest BCUT2D eigenvalue weighted by Gasteiger charge is 2.31. The van der Waals surface area contributed by atoms with Crippen molar-refractivity contribution in [2.75, 3.05) is 20.3 Å². The molecule has 0 spiro atoms. The Hall–Kier alpha value is -3.03. The SMILES string of the molecule is COc1cccc(CC(NC(=O)OCC2CCCCN2C(=O)C(C#N)=CC(C)(C)C)B(O)O)c1. The van der Waals surface area contributed by atoms with Crippen molar-refractivity contribution in [3.05, 3.63) is 41.5 Å². The molecule has 10 heteroatoms. The molecule has 1 aliphatic rings. The number of nitrogens with zero attached hydrogens (tertiary/aromatic N) is 2. The molecule has 1 heterocycles. The number of alkyl carbamates (subject to hydrolysis) is 1. The lowest BCUT2D eigenvalue weighted by Gasteiger charge is -2.35. The molecule has 2 atom stereocenters. The molecule has 184 valence electrons. The number of rotatable bonds is 8. The zero-order valence-corrected chi connectivity index (χ0v) is 20.3. The van der Waals surface area contributed by atoms with Gasteiger partial charge in [-0.1, -0.05) is 39.0 Å². The maximum Gasteiger partial charge on any atom is 0.475 e. The third kappa shape index (κ3) is 8.39. The first-order valence-corrected chi connectivity index (χ1v) is 11.4. The molecule has 0 aromatic heterocycles. The van der Waals surface area contributed by atoms with Gasteiger partial charge >= 0.3 is 13.2 Å². The van der Waals surface area contributed by atoms with Gasteiger partial charge in [0.2, 0.25) is 0 Å². The molecule has 2 rings (SSSR count). The first kappa shape index (κ1) is 27.2. The number of ether oxygens (including phenoxy) is 2. The molecule has 0 bridgehead atoms.